The van der Waals surface area contributed by atoms with Gasteiger partial charge < -0.3 is 0 Å². The molecule has 0 aliphatic carbocycles. The highest BCUT2D eigenvalue weighted by Gasteiger charge is 2.08. The van der Waals surface area contributed by atoms with Gasteiger partial charge in [-0.05, 0) is 26.0 Å². The van der Waals surface area contributed by atoms with Crippen LogP contribution in [0.2, 0.25) is 0 Å². The number of allylic oxidation sites excluding steroid dienone is 1. The van der Waals surface area contributed by atoms with Crippen LogP contribution < -0.4 is 0 Å². The third kappa shape index (κ3) is 1.64. The zero-order valence-corrected chi connectivity index (χ0v) is 7.78. The Kier molecular flexibility index (Phi) is 1.93. The van der Waals surface area contributed by atoms with Crippen LogP contribution in [0, 0.1) is 6.92 Å². The average Bonchev–Trinajstić information content (AvgIpc) is 2.52. The Morgan fingerprint density at radius 3 is 2.69 bits per heavy atom. The van der Waals surface area contributed by atoms with Gasteiger partial charge in [-0.15, -0.1) is 0 Å². The van der Waals surface area contributed by atoms with Crippen molar-refractivity contribution in [3.8, 4) is 0 Å². The van der Waals surface area contributed by atoms with E-state index >= 15 is 0 Å². The van der Waals surface area contributed by atoms with Crippen molar-refractivity contribution in [1.82, 2.24) is 9.97 Å². The van der Waals surface area contributed by atoms with Crippen LogP contribution in [-0.2, 0) is 0 Å². The summed E-state index contributed by atoms with van der Waals surface area (Å²) in [5.74, 6) is 0. The molecule has 3 nitrogen and oxygen atoms in total. The SMILES string of the molecule is CC1=NCC(c2cc(C)ncn2)=C1. The van der Waals surface area contributed by atoms with Crippen molar-refractivity contribution in [2.45, 2.75) is 13.8 Å². The van der Waals surface area contributed by atoms with E-state index in [1.807, 2.05) is 19.9 Å². The smallest absolute Gasteiger partial charge is 0.116 e. The number of hydrogen-bond donors (Lipinski definition) is 0. The minimum absolute atomic E-state index is 0.752. The molecule has 1 aromatic heterocycles. The van der Waals surface area contributed by atoms with Crippen molar-refractivity contribution in [1.29, 1.82) is 0 Å². The third-order valence-electron chi connectivity index (χ3n) is 2.01. The van der Waals surface area contributed by atoms with Crippen LogP contribution >= 0.6 is 0 Å². The first-order valence-corrected chi connectivity index (χ1v) is 4.26. The van der Waals surface area contributed by atoms with Crippen molar-refractivity contribution in [3.63, 3.8) is 0 Å². The summed E-state index contributed by atoms with van der Waals surface area (Å²) < 4.78 is 0. The second-order valence-corrected chi connectivity index (χ2v) is 3.17. The molecule has 0 saturated carbocycles. The Bertz CT molecular complexity index is 391. The van der Waals surface area contributed by atoms with E-state index < -0.39 is 0 Å². The second kappa shape index (κ2) is 3.09. The molecule has 1 aliphatic rings. The van der Waals surface area contributed by atoms with Gasteiger partial charge in [0.05, 0.1) is 12.2 Å². The summed E-state index contributed by atoms with van der Waals surface area (Å²) in [6.45, 7) is 4.72. The molecule has 13 heavy (non-hydrogen) atoms. The highest BCUT2D eigenvalue weighted by molar-refractivity contribution is 6.02. The largest absolute Gasteiger partial charge is 0.285 e. The van der Waals surface area contributed by atoms with Gasteiger partial charge in [-0.1, -0.05) is 0 Å². The van der Waals surface area contributed by atoms with Crippen LogP contribution in [0.4, 0.5) is 0 Å². The minimum Gasteiger partial charge on any atom is -0.285 e. The van der Waals surface area contributed by atoms with Gasteiger partial charge in [0.2, 0.25) is 0 Å². The number of aliphatic imine (C=N–C) groups is 1. The molecule has 0 bridgehead atoms. The molecule has 0 aromatic carbocycles. The molecule has 3 heteroatoms. The number of rotatable bonds is 1. The van der Waals surface area contributed by atoms with Gasteiger partial charge in [-0.3, -0.25) is 4.99 Å². The lowest BCUT2D eigenvalue weighted by Crippen LogP contribution is -1.92. The Balaban J connectivity index is 2.33. The molecular formula is C10H11N3. The topological polar surface area (TPSA) is 38.1 Å². The van der Waals surface area contributed by atoms with Crippen molar-refractivity contribution < 1.29 is 0 Å². The van der Waals surface area contributed by atoms with Crippen LogP contribution in [0.1, 0.15) is 18.3 Å². The summed E-state index contributed by atoms with van der Waals surface area (Å²) >= 11 is 0. The fourth-order valence-electron chi connectivity index (χ4n) is 1.34. The van der Waals surface area contributed by atoms with E-state index in [2.05, 4.69) is 21.0 Å². The monoisotopic (exact) mass is 173 g/mol. The predicted molar refractivity (Wildman–Crippen MR) is 52.7 cm³/mol. The van der Waals surface area contributed by atoms with Gasteiger partial charge in [-0.2, -0.15) is 0 Å². The summed E-state index contributed by atoms with van der Waals surface area (Å²) in [4.78, 5) is 12.5. The average molecular weight is 173 g/mol. The highest BCUT2D eigenvalue weighted by atomic mass is 14.8. The Morgan fingerprint density at radius 2 is 2.08 bits per heavy atom. The van der Waals surface area contributed by atoms with Crippen LogP contribution in [0.15, 0.2) is 23.5 Å². The van der Waals surface area contributed by atoms with Gasteiger partial charge in [0.15, 0.2) is 0 Å². The highest BCUT2D eigenvalue weighted by Crippen LogP contribution is 2.16. The molecule has 0 saturated heterocycles. The molecule has 0 radical (unpaired) electrons. The van der Waals surface area contributed by atoms with E-state index in [1.54, 1.807) is 6.33 Å². The van der Waals surface area contributed by atoms with Gasteiger partial charge in [-0.25, -0.2) is 9.97 Å². The van der Waals surface area contributed by atoms with E-state index in [0.29, 0.717) is 0 Å². The van der Waals surface area contributed by atoms with Crippen molar-refractivity contribution >= 4 is 11.3 Å². The number of aryl methyl sites for hydroxylation is 1. The molecule has 0 atom stereocenters. The van der Waals surface area contributed by atoms with Crippen LogP contribution in [0.25, 0.3) is 5.57 Å². The minimum atomic E-state index is 0.752. The lowest BCUT2D eigenvalue weighted by molar-refractivity contribution is 1.07. The zero-order valence-electron chi connectivity index (χ0n) is 7.78. The van der Waals surface area contributed by atoms with Crippen LogP contribution in [-0.4, -0.2) is 22.2 Å². The Labute approximate surface area is 77.3 Å². The van der Waals surface area contributed by atoms with Gasteiger partial charge in [0.1, 0.15) is 6.33 Å². The molecule has 1 aromatic rings. The van der Waals surface area contributed by atoms with Gasteiger partial charge in [0.25, 0.3) is 0 Å². The van der Waals surface area contributed by atoms with Crippen molar-refractivity contribution in [3.05, 3.63) is 29.9 Å². The van der Waals surface area contributed by atoms with E-state index in [9.17, 15) is 0 Å². The quantitative estimate of drug-likeness (QED) is 0.647. The molecule has 66 valence electrons. The fraction of sp³-hybridized carbons (Fsp3) is 0.300. The maximum absolute atomic E-state index is 4.29. The molecule has 1 aliphatic heterocycles. The standard InChI is InChI=1S/C10H11N3/c1-7-3-9(5-11-7)10-4-8(2)12-6-13-10/h3-4,6H,5H2,1-2H3. The van der Waals surface area contributed by atoms with E-state index in [-0.39, 0.29) is 0 Å². The maximum Gasteiger partial charge on any atom is 0.116 e. The summed E-state index contributed by atoms with van der Waals surface area (Å²) in [5.41, 5.74) is 4.25. The summed E-state index contributed by atoms with van der Waals surface area (Å²) in [7, 11) is 0. The molecule has 0 amide bonds. The van der Waals surface area contributed by atoms with Crippen LogP contribution in [0.5, 0.6) is 0 Å². The summed E-state index contributed by atoms with van der Waals surface area (Å²) in [6, 6.07) is 1.99. The Morgan fingerprint density at radius 1 is 1.23 bits per heavy atom. The van der Waals surface area contributed by atoms with Gasteiger partial charge in [0, 0.05) is 17.0 Å². The molecule has 2 heterocycles. The summed E-state index contributed by atoms with van der Waals surface area (Å²) in [5, 5.41) is 0. The lowest BCUT2D eigenvalue weighted by atomic mass is 10.1. The second-order valence-electron chi connectivity index (χ2n) is 3.17. The first-order chi connectivity index (χ1) is 6.25. The predicted octanol–water partition coefficient (Wildman–Crippen LogP) is 1.64. The lowest BCUT2D eigenvalue weighted by Gasteiger charge is -1.99. The Hall–Kier alpha value is -1.51. The van der Waals surface area contributed by atoms with Crippen molar-refractivity contribution in [2.75, 3.05) is 6.54 Å². The van der Waals surface area contributed by atoms with Crippen molar-refractivity contribution in [2.24, 2.45) is 4.99 Å². The van der Waals surface area contributed by atoms with Gasteiger partial charge >= 0.3 is 0 Å². The number of aromatic nitrogens is 2. The van der Waals surface area contributed by atoms with E-state index in [1.165, 1.54) is 5.57 Å². The fourth-order valence-corrected chi connectivity index (χ4v) is 1.34. The van der Waals surface area contributed by atoms with Crippen LogP contribution in [0.3, 0.4) is 0 Å². The first-order valence-electron chi connectivity index (χ1n) is 4.26. The molecular weight excluding hydrogens is 162 g/mol. The summed E-state index contributed by atoms with van der Waals surface area (Å²) in [6.07, 6.45) is 3.67. The number of nitrogens with zero attached hydrogens (tertiary/aromatic N) is 3. The first kappa shape index (κ1) is 8.10. The molecule has 2 rings (SSSR count). The molecule has 0 spiro atoms. The molecule has 0 unspecified atom stereocenters. The van der Waals surface area contributed by atoms with E-state index in [0.717, 1.165) is 23.6 Å². The van der Waals surface area contributed by atoms with E-state index in [4.69, 9.17) is 0 Å². The normalized spacial score (nSPS) is 15.5. The molecule has 0 N–H and O–H groups in total. The number of hydrogen-bond acceptors (Lipinski definition) is 3. The molecule has 0 fully saturated rings. The third-order valence-corrected chi connectivity index (χ3v) is 2.01. The maximum atomic E-state index is 4.29. The zero-order chi connectivity index (χ0) is 9.26.